The second kappa shape index (κ2) is 6.24. The lowest BCUT2D eigenvalue weighted by molar-refractivity contribution is 0.0984. The van der Waals surface area contributed by atoms with Gasteiger partial charge in [-0.25, -0.2) is 19.2 Å². The van der Waals surface area contributed by atoms with Crippen molar-refractivity contribution in [1.29, 1.82) is 4.78 Å². The molecular formula is C20H24N6O2S. The zero-order valence-electron chi connectivity index (χ0n) is 16.7. The summed E-state index contributed by atoms with van der Waals surface area (Å²) < 4.78 is 26.5. The van der Waals surface area contributed by atoms with Gasteiger partial charge in [0.2, 0.25) is 0 Å². The first-order chi connectivity index (χ1) is 13.8. The van der Waals surface area contributed by atoms with Crippen molar-refractivity contribution in [1.82, 2.24) is 19.9 Å². The maximum absolute atomic E-state index is 13.2. The topological polar surface area (TPSA) is 108 Å². The van der Waals surface area contributed by atoms with Gasteiger partial charge < -0.3 is 14.6 Å². The highest BCUT2D eigenvalue weighted by molar-refractivity contribution is 7.92. The number of H-pyrrole nitrogens is 1. The normalized spacial score (nSPS) is 26.0. The Labute approximate surface area is 169 Å². The predicted octanol–water partition coefficient (Wildman–Crippen LogP) is 3.04. The molecule has 1 saturated heterocycles. The molecule has 2 aliphatic heterocycles. The Balaban J connectivity index is 1.79. The van der Waals surface area contributed by atoms with Crippen LogP contribution in [-0.2, 0) is 25.0 Å². The number of nitrogens with one attached hydrogen (secondary N) is 2. The summed E-state index contributed by atoms with van der Waals surface area (Å²) in [6.45, 7) is 7.76. The molecule has 0 saturated carbocycles. The van der Waals surface area contributed by atoms with Crippen molar-refractivity contribution in [2.75, 3.05) is 24.7 Å². The Bertz CT molecular complexity index is 1220. The number of hydrogen-bond acceptors (Lipinski definition) is 7. The molecule has 5 heterocycles. The van der Waals surface area contributed by atoms with Gasteiger partial charge in [-0.1, -0.05) is 0 Å². The molecule has 3 aromatic heterocycles. The molecule has 152 valence electrons. The number of pyridine rings is 1. The van der Waals surface area contributed by atoms with E-state index in [-0.39, 0.29) is 11.8 Å². The minimum atomic E-state index is -2.87. The quantitative estimate of drug-likeness (QED) is 0.670. The van der Waals surface area contributed by atoms with Crippen molar-refractivity contribution in [3.05, 3.63) is 35.8 Å². The highest BCUT2D eigenvalue weighted by Gasteiger charge is 2.46. The molecule has 0 spiro atoms. The van der Waals surface area contributed by atoms with Crippen molar-refractivity contribution >= 4 is 26.6 Å². The fraction of sp³-hybridized carbons (Fsp3) is 0.450. The van der Waals surface area contributed by atoms with Crippen molar-refractivity contribution in [3.8, 4) is 11.4 Å². The minimum absolute atomic E-state index is 0.144. The SMILES string of the molecule is C[C@@H]1COCCN1c1nc(-c2ccnc3[nH]ccc23)nc2c1C[S@](=N)(=O)C2(C)C. The van der Waals surface area contributed by atoms with E-state index in [0.29, 0.717) is 25.6 Å². The van der Waals surface area contributed by atoms with Crippen LogP contribution in [0.2, 0.25) is 0 Å². The zero-order chi connectivity index (χ0) is 20.4. The number of nitrogens with zero attached hydrogens (tertiary/aromatic N) is 4. The summed E-state index contributed by atoms with van der Waals surface area (Å²) in [4.78, 5) is 19.5. The van der Waals surface area contributed by atoms with Crippen LogP contribution in [-0.4, -0.2) is 49.9 Å². The van der Waals surface area contributed by atoms with E-state index in [2.05, 4.69) is 21.8 Å². The summed E-state index contributed by atoms with van der Waals surface area (Å²) in [6, 6.07) is 4.01. The number of hydrogen-bond donors (Lipinski definition) is 2. The van der Waals surface area contributed by atoms with Gasteiger partial charge in [-0.2, -0.15) is 0 Å². The third kappa shape index (κ3) is 2.67. The third-order valence-electron chi connectivity index (χ3n) is 6.07. The fourth-order valence-corrected chi connectivity index (χ4v) is 5.71. The van der Waals surface area contributed by atoms with Crippen LogP contribution in [0.25, 0.3) is 22.4 Å². The van der Waals surface area contributed by atoms with Crippen LogP contribution in [0.1, 0.15) is 32.0 Å². The second-order valence-corrected chi connectivity index (χ2v) is 10.9. The Kier molecular flexibility index (Phi) is 3.98. The van der Waals surface area contributed by atoms with Gasteiger partial charge in [0.15, 0.2) is 5.82 Å². The number of aromatic nitrogens is 4. The van der Waals surface area contributed by atoms with E-state index >= 15 is 0 Å². The molecule has 29 heavy (non-hydrogen) atoms. The van der Waals surface area contributed by atoms with Gasteiger partial charge in [-0.3, -0.25) is 4.78 Å². The van der Waals surface area contributed by atoms with Crippen LogP contribution < -0.4 is 4.90 Å². The second-order valence-electron chi connectivity index (χ2n) is 8.24. The monoisotopic (exact) mass is 412 g/mol. The minimum Gasteiger partial charge on any atom is -0.377 e. The Hall–Kier alpha value is -2.52. The lowest BCUT2D eigenvalue weighted by Gasteiger charge is -2.35. The lowest BCUT2D eigenvalue weighted by atomic mass is 10.0. The lowest BCUT2D eigenvalue weighted by Crippen LogP contribution is -2.44. The maximum atomic E-state index is 13.2. The average molecular weight is 413 g/mol. The molecule has 9 heteroatoms. The molecule has 0 aromatic carbocycles. The number of morpholine rings is 1. The van der Waals surface area contributed by atoms with Crippen LogP contribution in [0.5, 0.6) is 0 Å². The van der Waals surface area contributed by atoms with E-state index < -0.39 is 14.5 Å². The fourth-order valence-electron chi connectivity index (χ4n) is 4.20. The molecule has 2 atom stereocenters. The standard InChI is InChI=1S/C20H24N6O2S/c1-12-10-28-9-8-26(12)19-15-11-29(21,27)20(2,3)16(15)24-18(25-19)14-5-7-23-17-13(14)4-6-22-17/h4-7,12,21H,8-11H2,1-3H3,(H,22,23)/t12-,29+/m1/s1. The molecule has 1 fully saturated rings. The van der Waals surface area contributed by atoms with Gasteiger partial charge in [-0.05, 0) is 32.9 Å². The van der Waals surface area contributed by atoms with E-state index in [1.807, 2.05) is 32.2 Å². The highest BCUT2D eigenvalue weighted by Crippen LogP contribution is 2.45. The average Bonchev–Trinajstić information content (AvgIpc) is 3.23. The van der Waals surface area contributed by atoms with E-state index in [0.717, 1.165) is 33.7 Å². The molecule has 3 aromatic rings. The van der Waals surface area contributed by atoms with Gasteiger partial charge in [0.25, 0.3) is 0 Å². The first-order valence-corrected chi connectivity index (χ1v) is 11.5. The molecule has 0 amide bonds. The van der Waals surface area contributed by atoms with Crippen molar-refractivity contribution in [3.63, 3.8) is 0 Å². The summed E-state index contributed by atoms with van der Waals surface area (Å²) in [5.41, 5.74) is 3.21. The van der Waals surface area contributed by atoms with Crippen molar-refractivity contribution < 1.29 is 8.95 Å². The Morgan fingerprint density at radius 2 is 2.17 bits per heavy atom. The molecule has 2 aliphatic rings. The van der Waals surface area contributed by atoms with E-state index in [9.17, 15) is 4.21 Å². The van der Waals surface area contributed by atoms with Crippen molar-refractivity contribution in [2.24, 2.45) is 0 Å². The van der Waals surface area contributed by atoms with Gasteiger partial charge in [-0.15, -0.1) is 0 Å². The molecule has 2 N–H and O–H groups in total. The van der Waals surface area contributed by atoms with Crippen LogP contribution in [0.4, 0.5) is 5.82 Å². The van der Waals surface area contributed by atoms with Crippen LogP contribution >= 0.6 is 0 Å². The summed E-state index contributed by atoms with van der Waals surface area (Å²) >= 11 is 0. The number of ether oxygens (including phenoxy) is 1. The van der Waals surface area contributed by atoms with Gasteiger partial charge in [0, 0.05) is 35.5 Å². The van der Waals surface area contributed by atoms with Crippen LogP contribution in [0.3, 0.4) is 0 Å². The number of rotatable bonds is 2. The molecule has 0 aliphatic carbocycles. The Morgan fingerprint density at radius 1 is 1.34 bits per heavy atom. The van der Waals surface area contributed by atoms with Gasteiger partial charge in [0.1, 0.15) is 11.5 Å². The summed E-state index contributed by atoms with van der Waals surface area (Å²) in [7, 11) is -2.87. The van der Waals surface area contributed by atoms with E-state index in [1.165, 1.54) is 0 Å². The molecule has 8 nitrogen and oxygen atoms in total. The van der Waals surface area contributed by atoms with Crippen LogP contribution in [0, 0.1) is 4.78 Å². The largest absolute Gasteiger partial charge is 0.377 e. The van der Waals surface area contributed by atoms with Crippen LogP contribution in [0.15, 0.2) is 24.5 Å². The molecule has 0 unspecified atom stereocenters. The van der Waals surface area contributed by atoms with Gasteiger partial charge in [0.05, 0.1) is 45.2 Å². The first-order valence-electron chi connectivity index (χ1n) is 9.74. The van der Waals surface area contributed by atoms with E-state index in [4.69, 9.17) is 19.5 Å². The highest BCUT2D eigenvalue weighted by atomic mass is 32.2. The summed E-state index contributed by atoms with van der Waals surface area (Å²) in [5.74, 6) is 1.55. The van der Waals surface area contributed by atoms with E-state index in [1.54, 1.807) is 6.20 Å². The van der Waals surface area contributed by atoms with Crippen molar-refractivity contribution in [2.45, 2.75) is 37.3 Å². The number of anilines is 1. The molecule has 0 radical (unpaired) electrons. The van der Waals surface area contributed by atoms with Gasteiger partial charge >= 0.3 is 0 Å². The smallest absolute Gasteiger partial charge is 0.162 e. The molecule has 5 rings (SSSR count). The first kappa shape index (κ1) is 18.5. The molecular weight excluding hydrogens is 388 g/mol. The predicted molar refractivity (Wildman–Crippen MR) is 112 cm³/mol. The third-order valence-corrected chi connectivity index (χ3v) is 8.61. The number of aromatic amines is 1. The molecule has 0 bridgehead atoms. The number of fused-ring (bicyclic) bond motifs is 2. The Morgan fingerprint density at radius 3 is 2.97 bits per heavy atom. The summed E-state index contributed by atoms with van der Waals surface area (Å²) in [5, 5.41) is 0.941. The summed E-state index contributed by atoms with van der Waals surface area (Å²) in [6.07, 6.45) is 3.58. The maximum Gasteiger partial charge on any atom is 0.162 e. The zero-order valence-corrected chi connectivity index (χ0v) is 17.5.